The van der Waals surface area contributed by atoms with Crippen LogP contribution in [0.5, 0.6) is 5.75 Å². The fourth-order valence-electron chi connectivity index (χ4n) is 3.21. The van der Waals surface area contributed by atoms with E-state index in [1.807, 2.05) is 0 Å². The van der Waals surface area contributed by atoms with E-state index in [9.17, 15) is 21.6 Å². The molecule has 0 N–H and O–H groups in total. The van der Waals surface area contributed by atoms with Gasteiger partial charge in [0.15, 0.2) is 9.84 Å². The molecule has 3 rings (SSSR count). The van der Waals surface area contributed by atoms with Crippen molar-refractivity contribution in [2.24, 2.45) is 0 Å². The number of fused-ring (bicyclic) bond motifs is 2. The smallest absolute Gasteiger partial charge is 0.387 e. The third-order valence-corrected chi connectivity index (χ3v) is 6.79. The first-order valence-electron chi connectivity index (χ1n) is 7.06. The molecule has 0 aromatic heterocycles. The Morgan fingerprint density at radius 2 is 2.00 bits per heavy atom. The van der Waals surface area contributed by atoms with Crippen LogP contribution in [0.1, 0.15) is 31.2 Å². The van der Waals surface area contributed by atoms with Crippen molar-refractivity contribution in [2.75, 3.05) is 0 Å². The lowest BCUT2D eigenvalue weighted by atomic mass is 9.93. The molecule has 7 heteroatoms. The average Bonchev–Trinajstić information content (AvgIpc) is 2.37. The van der Waals surface area contributed by atoms with E-state index in [2.05, 4.69) is 4.74 Å². The van der Waals surface area contributed by atoms with Gasteiger partial charge in [-0.15, -0.1) is 0 Å². The van der Waals surface area contributed by atoms with Crippen LogP contribution in [0.3, 0.4) is 0 Å². The van der Waals surface area contributed by atoms with Gasteiger partial charge in [-0.25, -0.2) is 12.8 Å². The highest BCUT2D eigenvalue weighted by Gasteiger charge is 2.40. The summed E-state index contributed by atoms with van der Waals surface area (Å²) >= 11 is 0. The quantitative estimate of drug-likeness (QED) is 0.850. The first-order chi connectivity index (χ1) is 10.4. The molecular weight excluding hydrogens is 317 g/mol. The monoisotopic (exact) mass is 332 g/mol. The fraction of sp³-hybridized carbons (Fsp3) is 0.467. The van der Waals surface area contributed by atoms with Gasteiger partial charge in [0.2, 0.25) is 0 Å². The average molecular weight is 332 g/mol. The van der Waals surface area contributed by atoms with Crippen molar-refractivity contribution in [3.05, 3.63) is 35.7 Å². The van der Waals surface area contributed by atoms with Crippen molar-refractivity contribution in [3.8, 4) is 5.75 Å². The second kappa shape index (κ2) is 5.61. The minimum Gasteiger partial charge on any atom is -0.434 e. The number of sulfone groups is 1. The van der Waals surface area contributed by atoms with Gasteiger partial charge < -0.3 is 4.74 Å². The second-order valence-electron chi connectivity index (χ2n) is 5.60. The van der Waals surface area contributed by atoms with E-state index < -0.39 is 32.8 Å². The molecule has 1 aromatic rings. The maximum absolute atomic E-state index is 13.3. The molecule has 2 atom stereocenters. The van der Waals surface area contributed by atoms with Crippen molar-refractivity contribution in [2.45, 2.75) is 42.8 Å². The number of benzene rings is 1. The van der Waals surface area contributed by atoms with Crippen LogP contribution in [-0.2, 0) is 9.84 Å². The molecule has 3 nitrogen and oxygen atoms in total. The lowest BCUT2D eigenvalue weighted by Crippen LogP contribution is -2.38. The van der Waals surface area contributed by atoms with Crippen LogP contribution >= 0.6 is 0 Å². The van der Waals surface area contributed by atoms with Crippen molar-refractivity contribution >= 4 is 15.4 Å². The number of ether oxygens (including phenoxy) is 1. The SMILES string of the molecule is O=S1(=O)C2C=C(c3ccc(F)cc3OC(F)F)CC1CCC2. The van der Waals surface area contributed by atoms with Gasteiger partial charge in [0, 0.05) is 11.6 Å². The van der Waals surface area contributed by atoms with E-state index in [1.54, 1.807) is 6.08 Å². The van der Waals surface area contributed by atoms with Crippen LogP contribution in [0.2, 0.25) is 0 Å². The van der Waals surface area contributed by atoms with Gasteiger partial charge in [-0.2, -0.15) is 8.78 Å². The van der Waals surface area contributed by atoms with Gasteiger partial charge >= 0.3 is 6.61 Å². The van der Waals surface area contributed by atoms with Crippen LogP contribution in [0.25, 0.3) is 5.57 Å². The second-order valence-corrected chi connectivity index (χ2v) is 8.05. The maximum atomic E-state index is 13.3. The van der Waals surface area contributed by atoms with Crippen LogP contribution in [0.4, 0.5) is 13.2 Å². The van der Waals surface area contributed by atoms with Gasteiger partial charge in [-0.1, -0.05) is 12.5 Å². The molecule has 0 amide bonds. The Balaban J connectivity index is 2.03. The zero-order valence-corrected chi connectivity index (χ0v) is 12.5. The zero-order valence-electron chi connectivity index (χ0n) is 11.6. The third-order valence-electron chi connectivity index (χ3n) is 4.24. The number of hydrogen-bond acceptors (Lipinski definition) is 3. The highest BCUT2D eigenvalue weighted by molar-refractivity contribution is 7.93. The topological polar surface area (TPSA) is 43.4 Å². The summed E-state index contributed by atoms with van der Waals surface area (Å²) < 4.78 is 67.1. The molecular formula is C15H15F3O3S. The third kappa shape index (κ3) is 2.74. The van der Waals surface area contributed by atoms with Gasteiger partial charge in [-0.05, 0) is 37.0 Å². The molecule has 0 spiro atoms. The number of hydrogen-bond donors (Lipinski definition) is 0. The normalized spacial score (nSPS) is 26.6. The minimum atomic E-state index is -3.19. The number of halogens is 3. The first kappa shape index (κ1) is 15.4. The number of alkyl halides is 2. The standard InChI is InChI=1S/C15H15F3O3S/c16-10-4-5-13(14(8-10)21-15(17)18)9-6-11-2-1-3-12(7-9)22(11,19)20/h4-6,8,11-12,15H,1-3,7H2. The van der Waals surface area contributed by atoms with Gasteiger partial charge in [0.1, 0.15) is 11.6 Å². The molecule has 1 fully saturated rings. The Morgan fingerprint density at radius 3 is 2.68 bits per heavy atom. The highest BCUT2D eigenvalue weighted by Crippen LogP contribution is 2.41. The van der Waals surface area contributed by atoms with Gasteiger partial charge in [0.25, 0.3) is 0 Å². The summed E-state index contributed by atoms with van der Waals surface area (Å²) in [5.41, 5.74) is 0.980. The summed E-state index contributed by atoms with van der Waals surface area (Å²) in [6, 6.07) is 3.43. The minimum absolute atomic E-state index is 0.251. The molecule has 0 radical (unpaired) electrons. The summed E-state index contributed by atoms with van der Waals surface area (Å²) in [7, 11) is -3.19. The van der Waals surface area contributed by atoms with Crippen molar-refractivity contribution in [1.82, 2.24) is 0 Å². The summed E-state index contributed by atoms with van der Waals surface area (Å²) in [4.78, 5) is 0. The lowest BCUT2D eigenvalue weighted by molar-refractivity contribution is -0.0501. The Kier molecular flexibility index (Phi) is 3.92. The summed E-state index contributed by atoms with van der Waals surface area (Å²) in [5, 5.41) is -1.07. The van der Waals surface area contributed by atoms with E-state index in [4.69, 9.17) is 0 Å². The van der Waals surface area contributed by atoms with E-state index in [0.717, 1.165) is 18.6 Å². The van der Waals surface area contributed by atoms with E-state index in [0.29, 0.717) is 24.0 Å². The van der Waals surface area contributed by atoms with Crippen molar-refractivity contribution in [3.63, 3.8) is 0 Å². The summed E-state index contributed by atoms with van der Waals surface area (Å²) in [6.45, 7) is -3.06. The van der Waals surface area contributed by atoms with Crippen LogP contribution < -0.4 is 4.74 Å². The number of allylic oxidation sites excluding steroid dienone is 1. The van der Waals surface area contributed by atoms with Crippen molar-refractivity contribution in [1.29, 1.82) is 0 Å². The van der Waals surface area contributed by atoms with E-state index in [1.165, 1.54) is 6.07 Å². The molecule has 2 heterocycles. The molecule has 0 aliphatic carbocycles. The molecule has 2 unspecified atom stereocenters. The molecule has 1 aromatic carbocycles. The highest BCUT2D eigenvalue weighted by atomic mass is 32.2. The predicted molar refractivity (Wildman–Crippen MR) is 76.0 cm³/mol. The Labute approximate surface area is 126 Å². The Morgan fingerprint density at radius 1 is 1.23 bits per heavy atom. The van der Waals surface area contributed by atoms with Gasteiger partial charge in [0.05, 0.1) is 10.5 Å². The molecule has 2 aliphatic rings. The van der Waals surface area contributed by atoms with Crippen LogP contribution in [-0.4, -0.2) is 25.5 Å². The Bertz CT molecular complexity index is 713. The molecule has 2 bridgehead atoms. The Hall–Kier alpha value is -1.50. The fourth-order valence-corrected chi connectivity index (χ4v) is 5.46. The van der Waals surface area contributed by atoms with E-state index in [-0.39, 0.29) is 12.2 Å². The van der Waals surface area contributed by atoms with Gasteiger partial charge in [-0.3, -0.25) is 0 Å². The molecule has 1 saturated heterocycles. The van der Waals surface area contributed by atoms with Crippen LogP contribution in [0.15, 0.2) is 24.3 Å². The predicted octanol–water partition coefficient (Wildman–Crippen LogP) is 3.55. The van der Waals surface area contributed by atoms with Crippen molar-refractivity contribution < 1.29 is 26.3 Å². The van der Waals surface area contributed by atoms with E-state index >= 15 is 0 Å². The lowest BCUT2D eigenvalue weighted by Gasteiger charge is -2.33. The molecule has 120 valence electrons. The molecule has 0 saturated carbocycles. The zero-order chi connectivity index (χ0) is 15.9. The first-order valence-corrected chi connectivity index (χ1v) is 8.67. The number of rotatable bonds is 3. The maximum Gasteiger partial charge on any atom is 0.387 e. The molecule has 2 aliphatic heterocycles. The largest absolute Gasteiger partial charge is 0.434 e. The van der Waals surface area contributed by atoms with Crippen LogP contribution in [0, 0.1) is 5.82 Å². The summed E-state index contributed by atoms with van der Waals surface area (Å²) in [6.07, 6.45) is 3.81. The summed E-state index contributed by atoms with van der Waals surface area (Å²) in [5.74, 6) is -0.928. The molecule has 22 heavy (non-hydrogen) atoms.